The standard InChI is InChI=1S/C17H21FN4O3S2/c18-12-1-2-14-15(9-12)26-17(19-14)20-16(23)10-21-4-6-22(7-5-21)13-3-8-27(24,25)11-13/h1-2,9,13H,3-8,10-11H2,(H,19,20,23). The van der Waals surface area contributed by atoms with Gasteiger partial charge in [0.05, 0.1) is 28.3 Å². The average molecular weight is 413 g/mol. The van der Waals surface area contributed by atoms with Gasteiger partial charge in [0.25, 0.3) is 0 Å². The summed E-state index contributed by atoms with van der Waals surface area (Å²) in [6, 6.07) is 4.47. The molecule has 4 rings (SSSR count). The summed E-state index contributed by atoms with van der Waals surface area (Å²) in [4.78, 5) is 20.9. The van der Waals surface area contributed by atoms with Gasteiger partial charge in [0.2, 0.25) is 5.91 Å². The van der Waals surface area contributed by atoms with Crippen LogP contribution < -0.4 is 5.32 Å². The van der Waals surface area contributed by atoms with Crippen molar-refractivity contribution < 1.29 is 17.6 Å². The number of amides is 1. The Hall–Kier alpha value is -1.62. The third kappa shape index (κ3) is 4.45. The quantitative estimate of drug-likeness (QED) is 0.812. The highest BCUT2D eigenvalue weighted by Crippen LogP contribution is 2.26. The van der Waals surface area contributed by atoms with E-state index in [0.29, 0.717) is 21.8 Å². The van der Waals surface area contributed by atoms with E-state index in [9.17, 15) is 17.6 Å². The number of benzene rings is 1. The van der Waals surface area contributed by atoms with Gasteiger partial charge in [0.1, 0.15) is 5.82 Å². The van der Waals surface area contributed by atoms with E-state index in [1.54, 1.807) is 6.07 Å². The Balaban J connectivity index is 1.28. The number of fused-ring (bicyclic) bond motifs is 1. The van der Waals surface area contributed by atoms with Crippen LogP contribution in [0.4, 0.5) is 9.52 Å². The Morgan fingerprint density at radius 3 is 2.78 bits per heavy atom. The number of sulfone groups is 1. The van der Waals surface area contributed by atoms with Gasteiger partial charge < -0.3 is 5.32 Å². The van der Waals surface area contributed by atoms with Crippen LogP contribution in [0.25, 0.3) is 10.2 Å². The molecule has 2 aliphatic heterocycles. The van der Waals surface area contributed by atoms with Crippen molar-refractivity contribution in [2.24, 2.45) is 0 Å². The molecular weight excluding hydrogens is 391 g/mol. The van der Waals surface area contributed by atoms with Crippen LogP contribution in [-0.4, -0.2) is 79.4 Å². The van der Waals surface area contributed by atoms with Crippen LogP contribution in [0.1, 0.15) is 6.42 Å². The molecular formula is C17H21FN4O3S2. The molecule has 1 unspecified atom stereocenters. The molecule has 2 aliphatic rings. The molecule has 0 spiro atoms. The molecule has 0 saturated carbocycles. The van der Waals surface area contributed by atoms with Crippen LogP contribution in [0.3, 0.4) is 0 Å². The van der Waals surface area contributed by atoms with Crippen LogP contribution in [-0.2, 0) is 14.6 Å². The fourth-order valence-electron chi connectivity index (χ4n) is 3.66. The number of carbonyl (C=O) groups excluding carboxylic acids is 1. The Bertz CT molecular complexity index is 954. The number of carbonyl (C=O) groups is 1. The lowest BCUT2D eigenvalue weighted by Gasteiger charge is -2.37. The Labute approximate surface area is 161 Å². The molecule has 0 radical (unpaired) electrons. The number of nitrogens with one attached hydrogen (secondary N) is 1. The minimum absolute atomic E-state index is 0.120. The summed E-state index contributed by atoms with van der Waals surface area (Å²) in [6.07, 6.45) is 0.709. The zero-order chi connectivity index (χ0) is 19.0. The van der Waals surface area contributed by atoms with Crippen LogP contribution in [0.5, 0.6) is 0 Å². The van der Waals surface area contributed by atoms with Gasteiger partial charge in [0, 0.05) is 32.2 Å². The second-order valence-corrected chi connectivity index (χ2v) is 10.3. The SMILES string of the molecule is O=C(CN1CCN(C2CCS(=O)(=O)C2)CC1)Nc1nc2ccc(F)cc2s1. The molecule has 1 atom stereocenters. The van der Waals surface area contributed by atoms with Gasteiger partial charge in [-0.15, -0.1) is 0 Å². The number of nitrogens with zero attached hydrogens (tertiary/aromatic N) is 3. The summed E-state index contributed by atoms with van der Waals surface area (Å²) in [7, 11) is -2.87. The first kappa shape index (κ1) is 18.7. The van der Waals surface area contributed by atoms with Gasteiger partial charge in [-0.3, -0.25) is 14.6 Å². The minimum atomic E-state index is -2.87. The Kier molecular flexibility index (Phi) is 5.15. The van der Waals surface area contributed by atoms with E-state index in [2.05, 4.69) is 20.1 Å². The van der Waals surface area contributed by atoms with E-state index in [1.165, 1.54) is 23.5 Å². The predicted octanol–water partition coefficient (Wildman–Crippen LogP) is 1.18. The van der Waals surface area contributed by atoms with Gasteiger partial charge in [0.15, 0.2) is 15.0 Å². The van der Waals surface area contributed by atoms with Crippen molar-refractivity contribution >= 4 is 42.4 Å². The van der Waals surface area contributed by atoms with Gasteiger partial charge in [-0.1, -0.05) is 11.3 Å². The first-order valence-electron chi connectivity index (χ1n) is 8.91. The Morgan fingerprint density at radius 2 is 2.07 bits per heavy atom. The number of rotatable bonds is 4. The fraction of sp³-hybridized carbons (Fsp3) is 0.529. The zero-order valence-corrected chi connectivity index (χ0v) is 16.4. The number of aromatic nitrogens is 1. The van der Waals surface area contributed by atoms with Gasteiger partial charge >= 0.3 is 0 Å². The normalized spacial score (nSPS) is 23.7. The van der Waals surface area contributed by atoms with E-state index in [1.807, 2.05) is 0 Å². The van der Waals surface area contributed by atoms with Crippen molar-refractivity contribution in [1.82, 2.24) is 14.8 Å². The molecule has 0 aliphatic carbocycles. The van der Waals surface area contributed by atoms with Gasteiger partial charge in [-0.2, -0.15) is 0 Å². The summed E-state index contributed by atoms with van der Waals surface area (Å²) in [5.74, 6) is 0.0706. The zero-order valence-electron chi connectivity index (χ0n) is 14.7. The predicted molar refractivity (Wildman–Crippen MR) is 103 cm³/mol. The molecule has 27 heavy (non-hydrogen) atoms. The van der Waals surface area contributed by atoms with Crippen molar-refractivity contribution in [2.75, 3.05) is 49.5 Å². The topological polar surface area (TPSA) is 82.6 Å². The number of halogens is 1. The molecule has 3 heterocycles. The van der Waals surface area contributed by atoms with E-state index < -0.39 is 9.84 Å². The summed E-state index contributed by atoms with van der Waals surface area (Å²) in [5.41, 5.74) is 0.664. The summed E-state index contributed by atoms with van der Waals surface area (Å²) in [5, 5.41) is 3.25. The van der Waals surface area contributed by atoms with Crippen molar-refractivity contribution in [3.8, 4) is 0 Å². The smallest absolute Gasteiger partial charge is 0.240 e. The van der Waals surface area contributed by atoms with Crippen molar-refractivity contribution in [3.63, 3.8) is 0 Å². The van der Waals surface area contributed by atoms with Crippen LogP contribution >= 0.6 is 11.3 Å². The number of thiazole rings is 1. The monoisotopic (exact) mass is 412 g/mol. The van der Waals surface area contributed by atoms with Gasteiger partial charge in [-0.05, 0) is 24.6 Å². The number of hydrogen-bond donors (Lipinski definition) is 1. The highest BCUT2D eigenvalue weighted by molar-refractivity contribution is 7.91. The summed E-state index contributed by atoms with van der Waals surface area (Å²) >= 11 is 1.25. The lowest BCUT2D eigenvalue weighted by molar-refractivity contribution is -0.117. The molecule has 1 amide bonds. The highest BCUT2D eigenvalue weighted by atomic mass is 32.2. The van der Waals surface area contributed by atoms with Crippen molar-refractivity contribution in [1.29, 1.82) is 0 Å². The molecule has 0 bridgehead atoms. The molecule has 10 heteroatoms. The maximum absolute atomic E-state index is 13.3. The van der Waals surface area contributed by atoms with Gasteiger partial charge in [-0.25, -0.2) is 17.8 Å². The van der Waals surface area contributed by atoms with Crippen LogP contribution in [0.2, 0.25) is 0 Å². The lowest BCUT2D eigenvalue weighted by Crippen LogP contribution is -2.52. The molecule has 146 valence electrons. The molecule has 1 N–H and O–H groups in total. The third-order valence-electron chi connectivity index (χ3n) is 5.10. The highest BCUT2D eigenvalue weighted by Gasteiger charge is 2.33. The number of piperazine rings is 1. The Morgan fingerprint density at radius 1 is 1.30 bits per heavy atom. The second-order valence-electron chi connectivity index (χ2n) is 7.05. The second kappa shape index (κ2) is 7.42. The van der Waals surface area contributed by atoms with Crippen LogP contribution in [0, 0.1) is 5.82 Å². The first-order valence-corrected chi connectivity index (χ1v) is 11.5. The largest absolute Gasteiger partial charge is 0.301 e. The van der Waals surface area contributed by atoms with Crippen molar-refractivity contribution in [2.45, 2.75) is 12.5 Å². The average Bonchev–Trinajstić information content (AvgIpc) is 3.17. The maximum atomic E-state index is 13.3. The van der Waals surface area contributed by atoms with E-state index >= 15 is 0 Å². The summed E-state index contributed by atoms with van der Waals surface area (Å²) in [6.45, 7) is 3.27. The number of anilines is 1. The summed E-state index contributed by atoms with van der Waals surface area (Å²) < 4.78 is 37.2. The minimum Gasteiger partial charge on any atom is -0.301 e. The molecule has 7 nitrogen and oxygen atoms in total. The maximum Gasteiger partial charge on any atom is 0.240 e. The lowest BCUT2D eigenvalue weighted by atomic mass is 10.2. The molecule has 1 aromatic heterocycles. The molecule has 1 aromatic carbocycles. The third-order valence-corrected chi connectivity index (χ3v) is 7.78. The fourth-order valence-corrected chi connectivity index (χ4v) is 6.33. The molecule has 2 aromatic rings. The first-order chi connectivity index (χ1) is 12.9. The van der Waals surface area contributed by atoms with E-state index in [0.717, 1.165) is 26.2 Å². The molecule has 2 saturated heterocycles. The van der Waals surface area contributed by atoms with Crippen molar-refractivity contribution in [3.05, 3.63) is 24.0 Å². The van der Waals surface area contributed by atoms with E-state index in [4.69, 9.17) is 0 Å². The molecule has 2 fully saturated rings. The number of hydrogen-bond acceptors (Lipinski definition) is 7. The van der Waals surface area contributed by atoms with E-state index in [-0.39, 0.29) is 35.8 Å². The van der Waals surface area contributed by atoms with Crippen LogP contribution in [0.15, 0.2) is 18.2 Å².